The molecule has 0 saturated carbocycles. The third kappa shape index (κ3) is 7.03. The highest BCUT2D eigenvalue weighted by molar-refractivity contribution is 6.42. The second-order valence-electron chi connectivity index (χ2n) is 5.91. The fourth-order valence-corrected chi connectivity index (χ4v) is 2.73. The van der Waals surface area contributed by atoms with E-state index in [-0.39, 0.29) is 5.91 Å². The molecule has 0 atom stereocenters. The molecule has 0 aliphatic rings. The van der Waals surface area contributed by atoms with Crippen molar-refractivity contribution in [2.45, 2.75) is 12.8 Å². The Morgan fingerprint density at radius 1 is 1.04 bits per heavy atom. The van der Waals surface area contributed by atoms with Gasteiger partial charge in [-0.3, -0.25) is 4.79 Å². The van der Waals surface area contributed by atoms with Crippen LogP contribution < -0.4 is 20.2 Å². The van der Waals surface area contributed by atoms with Crippen molar-refractivity contribution in [2.75, 3.05) is 27.3 Å². The number of nitrogens with zero attached hydrogens (tertiary/aromatic N) is 1. The summed E-state index contributed by atoms with van der Waals surface area (Å²) in [6.45, 7) is 1.30. The molecule has 2 aromatic rings. The first-order chi connectivity index (χ1) is 13.5. The van der Waals surface area contributed by atoms with Gasteiger partial charge in [0.1, 0.15) is 0 Å². The Morgan fingerprint density at radius 3 is 2.54 bits per heavy atom. The SMILES string of the molecule is COc1ccc(CCNCCC(=O)NN=Cc2ccc(Cl)c(Cl)c2)cc1OC. The number of nitrogens with one attached hydrogen (secondary N) is 2. The number of methoxy groups -OCH3 is 2. The summed E-state index contributed by atoms with van der Waals surface area (Å²) in [4.78, 5) is 11.8. The largest absolute Gasteiger partial charge is 0.493 e. The van der Waals surface area contributed by atoms with Crippen molar-refractivity contribution in [3.63, 3.8) is 0 Å². The van der Waals surface area contributed by atoms with Gasteiger partial charge in [-0.25, -0.2) is 5.43 Å². The van der Waals surface area contributed by atoms with Crippen LogP contribution in [0.2, 0.25) is 10.0 Å². The molecule has 150 valence electrons. The fourth-order valence-electron chi connectivity index (χ4n) is 2.42. The molecule has 0 saturated heterocycles. The van der Waals surface area contributed by atoms with Crippen LogP contribution in [0, 0.1) is 0 Å². The Balaban J connectivity index is 1.65. The van der Waals surface area contributed by atoms with Gasteiger partial charge in [-0.1, -0.05) is 35.3 Å². The molecule has 0 spiro atoms. The van der Waals surface area contributed by atoms with Crippen molar-refractivity contribution >= 4 is 35.3 Å². The fraction of sp³-hybridized carbons (Fsp3) is 0.300. The topological polar surface area (TPSA) is 72.0 Å². The van der Waals surface area contributed by atoms with Gasteiger partial charge >= 0.3 is 0 Å². The number of carbonyl (C=O) groups is 1. The van der Waals surface area contributed by atoms with E-state index in [1.54, 1.807) is 32.4 Å². The molecule has 0 aliphatic heterocycles. The molecule has 0 heterocycles. The molecule has 2 N–H and O–H groups in total. The average Bonchev–Trinajstić information content (AvgIpc) is 2.70. The Labute approximate surface area is 174 Å². The van der Waals surface area contributed by atoms with Crippen LogP contribution in [0.15, 0.2) is 41.5 Å². The van der Waals surface area contributed by atoms with E-state index in [2.05, 4.69) is 15.8 Å². The number of hydrogen-bond acceptors (Lipinski definition) is 5. The number of hydrazone groups is 1. The number of ether oxygens (including phenoxy) is 2. The maximum atomic E-state index is 11.8. The Bertz CT molecular complexity index is 828. The smallest absolute Gasteiger partial charge is 0.241 e. The lowest BCUT2D eigenvalue weighted by Gasteiger charge is -2.10. The number of amides is 1. The van der Waals surface area contributed by atoms with E-state index in [1.807, 2.05) is 18.2 Å². The highest BCUT2D eigenvalue weighted by Gasteiger charge is 2.05. The second-order valence-corrected chi connectivity index (χ2v) is 6.72. The molecule has 8 heteroatoms. The first-order valence-corrected chi connectivity index (χ1v) is 9.47. The lowest BCUT2D eigenvalue weighted by molar-refractivity contribution is -0.120. The van der Waals surface area contributed by atoms with Crippen molar-refractivity contribution in [1.29, 1.82) is 0 Å². The molecule has 2 rings (SSSR count). The minimum atomic E-state index is -0.171. The van der Waals surface area contributed by atoms with E-state index in [0.29, 0.717) is 34.5 Å². The molecule has 0 radical (unpaired) electrons. The maximum absolute atomic E-state index is 11.8. The molecular formula is C20H23Cl2N3O3. The van der Waals surface area contributed by atoms with E-state index in [4.69, 9.17) is 32.7 Å². The summed E-state index contributed by atoms with van der Waals surface area (Å²) < 4.78 is 10.5. The van der Waals surface area contributed by atoms with Crippen LogP contribution in [0.25, 0.3) is 0 Å². The third-order valence-corrected chi connectivity index (χ3v) is 4.65. The Hall–Kier alpha value is -2.28. The van der Waals surface area contributed by atoms with Crippen molar-refractivity contribution in [2.24, 2.45) is 5.10 Å². The van der Waals surface area contributed by atoms with Gasteiger partial charge in [-0.2, -0.15) is 5.10 Å². The monoisotopic (exact) mass is 423 g/mol. The summed E-state index contributed by atoms with van der Waals surface area (Å²) in [5.74, 6) is 1.24. The van der Waals surface area contributed by atoms with Crippen LogP contribution >= 0.6 is 23.2 Å². The quantitative estimate of drug-likeness (QED) is 0.347. The lowest BCUT2D eigenvalue weighted by Crippen LogP contribution is -2.25. The van der Waals surface area contributed by atoms with Gasteiger partial charge in [0, 0.05) is 13.0 Å². The van der Waals surface area contributed by atoms with Gasteiger partial charge in [-0.05, 0) is 48.4 Å². The van der Waals surface area contributed by atoms with Gasteiger partial charge in [-0.15, -0.1) is 0 Å². The highest BCUT2D eigenvalue weighted by Crippen LogP contribution is 2.27. The molecular weight excluding hydrogens is 401 g/mol. The summed E-state index contributed by atoms with van der Waals surface area (Å²) in [5, 5.41) is 8.06. The minimum absolute atomic E-state index is 0.171. The standard InChI is InChI=1S/C20H23Cl2N3O3/c1-27-18-6-4-14(12-19(18)28-2)7-9-23-10-8-20(26)25-24-13-15-3-5-16(21)17(22)11-15/h3-6,11-13,23H,7-10H2,1-2H3,(H,25,26). The lowest BCUT2D eigenvalue weighted by atomic mass is 10.1. The summed E-state index contributed by atoms with van der Waals surface area (Å²) >= 11 is 11.8. The van der Waals surface area contributed by atoms with Gasteiger partial charge < -0.3 is 14.8 Å². The Morgan fingerprint density at radius 2 is 1.82 bits per heavy atom. The highest BCUT2D eigenvalue weighted by atomic mass is 35.5. The maximum Gasteiger partial charge on any atom is 0.241 e. The number of carbonyl (C=O) groups excluding carboxylic acids is 1. The van der Waals surface area contributed by atoms with Crippen molar-refractivity contribution < 1.29 is 14.3 Å². The molecule has 6 nitrogen and oxygen atoms in total. The van der Waals surface area contributed by atoms with Crippen LogP contribution in [0.4, 0.5) is 0 Å². The molecule has 2 aromatic carbocycles. The molecule has 0 unspecified atom stereocenters. The minimum Gasteiger partial charge on any atom is -0.493 e. The first kappa shape index (κ1) is 22.0. The molecule has 0 aromatic heterocycles. The zero-order valence-electron chi connectivity index (χ0n) is 15.8. The van der Waals surface area contributed by atoms with Gasteiger partial charge in [0.2, 0.25) is 5.91 Å². The number of rotatable bonds is 10. The van der Waals surface area contributed by atoms with Gasteiger partial charge in [0.05, 0.1) is 30.5 Å². The summed E-state index contributed by atoms with van der Waals surface area (Å²) in [7, 11) is 3.22. The van der Waals surface area contributed by atoms with E-state index in [9.17, 15) is 4.79 Å². The van der Waals surface area contributed by atoms with Crippen LogP contribution in [-0.4, -0.2) is 39.4 Å². The molecule has 1 amide bonds. The van der Waals surface area contributed by atoms with Crippen LogP contribution in [0.1, 0.15) is 17.5 Å². The van der Waals surface area contributed by atoms with Crippen molar-refractivity contribution in [3.8, 4) is 11.5 Å². The molecule has 0 bridgehead atoms. The summed E-state index contributed by atoms with van der Waals surface area (Å²) in [6.07, 6.45) is 2.66. The zero-order chi connectivity index (χ0) is 20.4. The van der Waals surface area contributed by atoms with Gasteiger partial charge in [0.15, 0.2) is 11.5 Å². The predicted molar refractivity (Wildman–Crippen MR) is 113 cm³/mol. The van der Waals surface area contributed by atoms with Gasteiger partial charge in [0.25, 0.3) is 0 Å². The van der Waals surface area contributed by atoms with Crippen LogP contribution in [-0.2, 0) is 11.2 Å². The zero-order valence-corrected chi connectivity index (χ0v) is 17.3. The number of benzene rings is 2. The second kappa shape index (κ2) is 11.5. The van der Waals surface area contributed by atoms with Crippen LogP contribution in [0.3, 0.4) is 0 Å². The Kier molecular flexibility index (Phi) is 9.07. The average molecular weight is 424 g/mol. The van der Waals surface area contributed by atoms with Crippen molar-refractivity contribution in [1.82, 2.24) is 10.7 Å². The first-order valence-electron chi connectivity index (χ1n) is 8.72. The predicted octanol–water partition coefficient (Wildman–Crippen LogP) is 3.68. The number of halogens is 2. The van der Waals surface area contributed by atoms with Crippen molar-refractivity contribution in [3.05, 3.63) is 57.6 Å². The van der Waals surface area contributed by atoms with E-state index < -0.39 is 0 Å². The summed E-state index contributed by atoms with van der Waals surface area (Å²) in [6, 6.07) is 10.9. The number of hydrogen-bond donors (Lipinski definition) is 2. The molecule has 0 fully saturated rings. The van der Waals surface area contributed by atoms with E-state index in [1.165, 1.54) is 6.21 Å². The third-order valence-electron chi connectivity index (χ3n) is 3.91. The molecule has 0 aliphatic carbocycles. The van der Waals surface area contributed by atoms with E-state index in [0.717, 1.165) is 24.1 Å². The van der Waals surface area contributed by atoms with Crippen LogP contribution in [0.5, 0.6) is 11.5 Å². The van der Waals surface area contributed by atoms with E-state index >= 15 is 0 Å². The normalized spacial score (nSPS) is 10.9. The summed E-state index contributed by atoms with van der Waals surface area (Å²) in [5.41, 5.74) is 4.36. The molecule has 28 heavy (non-hydrogen) atoms.